The SMILES string of the molecule is CCN(CC)S(=O)(=O)c1cc(NC(=O)CN(C)Cc2cccc(F)c2)ccc1C. The van der Waals surface area contributed by atoms with Crippen LogP contribution in [0.3, 0.4) is 0 Å². The molecular weight excluding hydrogens is 393 g/mol. The van der Waals surface area contributed by atoms with Crippen molar-refractivity contribution in [2.24, 2.45) is 0 Å². The van der Waals surface area contributed by atoms with Crippen LogP contribution in [0, 0.1) is 12.7 Å². The van der Waals surface area contributed by atoms with Gasteiger partial charge in [-0.05, 0) is 49.4 Å². The number of anilines is 1. The standard InChI is InChI=1S/C21H28FN3O3S/c1-5-25(6-2)29(27,28)20-13-19(11-10-16(20)3)23-21(26)15-24(4)14-17-8-7-9-18(22)12-17/h7-13H,5-6,14-15H2,1-4H3,(H,23,26). The topological polar surface area (TPSA) is 69.7 Å². The van der Waals surface area contributed by atoms with Crippen LogP contribution in [-0.2, 0) is 21.4 Å². The van der Waals surface area contributed by atoms with E-state index < -0.39 is 10.0 Å². The molecule has 1 amide bonds. The smallest absolute Gasteiger partial charge is 0.243 e. The third kappa shape index (κ3) is 6.09. The van der Waals surface area contributed by atoms with E-state index in [0.717, 1.165) is 5.56 Å². The molecule has 0 aliphatic rings. The van der Waals surface area contributed by atoms with Gasteiger partial charge in [-0.2, -0.15) is 4.31 Å². The van der Waals surface area contributed by atoms with Crippen molar-refractivity contribution < 1.29 is 17.6 Å². The summed E-state index contributed by atoms with van der Waals surface area (Å²) in [5.74, 6) is -0.596. The van der Waals surface area contributed by atoms with Crippen LogP contribution in [0.5, 0.6) is 0 Å². The van der Waals surface area contributed by atoms with Crippen LogP contribution in [0.2, 0.25) is 0 Å². The molecule has 6 nitrogen and oxygen atoms in total. The van der Waals surface area contributed by atoms with Crippen LogP contribution < -0.4 is 5.32 Å². The number of likely N-dealkylation sites (N-methyl/N-ethyl adjacent to an activating group) is 1. The van der Waals surface area contributed by atoms with Gasteiger partial charge in [-0.3, -0.25) is 9.69 Å². The molecule has 0 unspecified atom stereocenters. The molecule has 8 heteroatoms. The number of amides is 1. The summed E-state index contributed by atoms with van der Waals surface area (Å²) in [7, 11) is -1.86. The lowest BCUT2D eigenvalue weighted by atomic mass is 10.2. The van der Waals surface area contributed by atoms with E-state index in [9.17, 15) is 17.6 Å². The molecule has 2 aromatic carbocycles. The van der Waals surface area contributed by atoms with Gasteiger partial charge >= 0.3 is 0 Å². The van der Waals surface area contributed by atoms with Crippen molar-refractivity contribution in [3.05, 3.63) is 59.4 Å². The molecule has 0 saturated carbocycles. The highest BCUT2D eigenvalue weighted by Crippen LogP contribution is 2.23. The Kier molecular flexibility index (Phi) is 7.89. The normalized spacial score (nSPS) is 11.8. The number of rotatable bonds is 9. The van der Waals surface area contributed by atoms with E-state index >= 15 is 0 Å². The van der Waals surface area contributed by atoms with Crippen LogP contribution in [0.1, 0.15) is 25.0 Å². The highest BCUT2D eigenvalue weighted by atomic mass is 32.2. The van der Waals surface area contributed by atoms with E-state index in [-0.39, 0.29) is 23.2 Å². The molecule has 0 spiro atoms. The van der Waals surface area contributed by atoms with E-state index in [1.165, 1.54) is 22.5 Å². The summed E-state index contributed by atoms with van der Waals surface area (Å²) >= 11 is 0. The molecule has 158 valence electrons. The zero-order chi connectivity index (χ0) is 21.6. The number of hydrogen-bond donors (Lipinski definition) is 1. The predicted octanol–water partition coefficient (Wildman–Crippen LogP) is 3.24. The summed E-state index contributed by atoms with van der Waals surface area (Å²) in [6.45, 7) is 6.56. The van der Waals surface area contributed by atoms with Gasteiger partial charge in [-0.25, -0.2) is 12.8 Å². The lowest BCUT2D eigenvalue weighted by Crippen LogP contribution is -2.31. The van der Waals surface area contributed by atoms with E-state index in [0.29, 0.717) is 30.9 Å². The first-order chi connectivity index (χ1) is 13.7. The summed E-state index contributed by atoms with van der Waals surface area (Å²) in [6, 6.07) is 11.1. The fourth-order valence-electron chi connectivity index (χ4n) is 3.11. The van der Waals surface area contributed by atoms with Crippen molar-refractivity contribution in [2.75, 3.05) is 32.0 Å². The summed E-state index contributed by atoms with van der Waals surface area (Å²) in [5.41, 5.74) is 1.81. The van der Waals surface area contributed by atoms with Gasteiger partial charge in [0.25, 0.3) is 0 Å². The molecule has 0 radical (unpaired) electrons. The van der Waals surface area contributed by atoms with Crippen molar-refractivity contribution in [1.29, 1.82) is 0 Å². The van der Waals surface area contributed by atoms with E-state index in [1.54, 1.807) is 57.0 Å². The minimum absolute atomic E-state index is 0.0858. The van der Waals surface area contributed by atoms with E-state index in [2.05, 4.69) is 5.32 Å². The van der Waals surface area contributed by atoms with Gasteiger partial charge in [0, 0.05) is 25.3 Å². The lowest BCUT2D eigenvalue weighted by Gasteiger charge is -2.21. The molecule has 29 heavy (non-hydrogen) atoms. The fourth-order valence-corrected chi connectivity index (χ4v) is 4.82. The maximum Gasteiger partial charge on any atom is 0.243 e. The Bertz CT molecular complexity index is 959. The monoisotopic (exact) mass is 421 g/mol. The van der Waals surface area contributed by atoms with Gasteiger partial charge in [0.05, 0.1) is 11.4 Å². The Morgan fingerprint density at radius 3 is 2.41 bits per heavy atom. The molecule has 0 heterocycles. The molecule has 1 N–H and O–H groups in total. The van der Waals surface area contributed by atoms with Crippen LogP contribution >= 0.6 is 0 Å². The molecular formula is C21H28FN3O3S. The van der Waals surface area contributed by atoms with Crippen molar-refractivity contribution >= 4 is 21.6 Å². The highest BCUT2D eigenvalue weighted by molar-refractivity contribution is 7.89. The van der Waals surface area contributed by atoms with Crippen molar-refractivity contribution in [1.82, 2.24) is 9.21 Å². The van der Waals surface area contributed by atoms with Crippen LogP contribution in [0.15, 0.2) is 47.4 Å². The second-order valence-electron chi connectivity index (χ2n) is 6.92. The Balaban J connectivity index is 2.09. The molecule has 0 atom stereocenters. The third-order valence-electron chi connectivity index (χ3n) is 4.55. The highest BCUT2D eigenvalue weighted by Gasteiger charge is 2.24. The van der Waals surface area contributed by atoms with Crippen LogP contribution in [0.25, 0.3) is 0 Å². The lowest BCUT2D eigenvalue weighted by molar-refractivity contribution is -0.117. The van der Waals surface area contributed by atoms with Gasteiger partial charge in [0.15, 0.2) is 0 Å². The molecule has 0 saturated heterocycles. The Morgan fingerprint density at radius 1 is 1.10 bits per heavy atom. The number of nitrogens with one attached hydrogen (secondary N) is 1. The van der Waals surface area contributed by atoms with Gasteiger partial charge in [0.2, 0.25) is 15.9 Å². The second-order valence-corrected chi connectivity index (χ2v) is 8.83. The number of halogens is 1. The number of hydrogen-bond acceptors (Lipinski definition) is 4. The number of carbonyl (C=O) groups is 1. The Morgan fingerprint density at radius 2 is 1.79 bits per heavy atom. The van der Waals surface area contributed by atoms with Crippen molar-refractivity contribution in [2.45, 2.75) is 32.2 Å². The predicted molar refractivity (Wildman–Crippen MR) is 113 cm³/mol. The minimum Gasteiger partial charge on any atom is -0.325 e. The molecule has 0 bridgehead atoms. The van der Waals surface area contributed by atoms with Gasteiger partial charge in [0.1, 0.15) is 5.82 Å². The molecule has 0 aliphatic carbocycles. The number of carbonyl (C=O) groups excluding carboxylic acids is 1. The summed E-state index contributed by atoms with van der Waals surface area (Å²) in [6.07, 6.45) is 0. The second kappa shape index (κ2) is 9.96. The van der Waals surface area contributed by atoms with Crippen molar-refractivity contribution in [3.63, 3.8) is 0 Å². The zero-order valence-electron chi connectivity index (χ0n) is 17.3. The maximum absolute atomic E-state index is 13.3. The van der Waals surface area contributed by atoms with E-state index in [4.69, 9.17) is 0 Å². The largest absolute Gasteiger partial charge is 0.325 e. The van der Waals surface area contributed by atoms with Crippen molar-refractivity contribution in [3.8, 4) is 0 Å². The average Bonchev–Trinajstić information content (AvgIpc) is 2.63. The van der Waals surface area contributed by atoms with E-state index in [1.807, 2.05) is 0 Å². The van der Waals surface area contributed by atoms with Crippen LogP contribution in [-0.4, -0.2) is 50.2 Å². The Hall–Kier alpha value is -2.29. The quantitative estimate of drug-likeness (QED) is 0.675. The molecule has 0 aromatic heterocycles. The third-order valence-corrected chi connectivity index (χ3v) is 6.74. The fraction of sp³-hybridized carbons (Fsp3) is 0.381. The summed E-state index contributed by atoms with van der Waals surface area (Å²) < 4.78 is 40.3. The van der Waals surface area contributed by atoms with Gasteiger partial charge in [-0.1, -0.05) is 32.0 Å². The Labute approximate surface area is 172 Å². The molecule has 2 rings (SSSR count). The first-order valence-electron chi connectivity index (χ1n) is 9.51. The maximum atomic E-state index is 13.3. The summed E-state index contributed by atoms with van der Waals surface area (Å²) in [5, 5.41) is 2.75. The molecule has 2 aromatic rings. The number of benzene rings is 2. The first-order valence-corrected chi connectivity index (χ1v) is 10.9. The molecule has 0 fully saturated rings. The number of aryl methyl sites for hydroxylation is 1. The first kappa shape index (κ1) is 23.0. The summed E-state index contributed by atoms with van der Waals surface area (Å²) in [4.78, 5) is 14.3. The molecule has 0 aliphatic heterocycles. The average molecular weight is 422 g/mol. The zero-order valence-corrected chi connectivity index (χ0v) is 18.1. The van der Waals surface area contributed by atoms with Crippen LogP contribution in [0.4, 0.5) is 10.1 Å². The number of sulfonamides is 1. The van der Waals surface area contributed by atoms with Gasteiger partial charge < -0.3 is 5.32 Å². The minimum atomic E-state index is -3.62. The number of nitrogens with zero attached hydrogens (tertiary/aromatic N) is 2. The van der Waals surface area contributed by atoms with Gasteiger partial charge in [-0.15, -0.1) is 0 Å².